The number of hydrogen-bond acceptors (Lipinski definition) is 3. The topological polar surface area (TPSA) is 38.0 Å². The lowest BCUT2D eigenvalue weighted by Gasteiger charge is -2.13. The molecular formula is C12H15BrN2S. The third-order valence-electron chi connectivity index (χ3n) is 2.14. The molecule has 0 aromatic heterocycles. The lowest BCUT2D eigenvalue weighted by Crippen LogP contribution is -2.36. The van der Waals surface area contributed by atoms with Gasteiger partial charge in [-0.15, -0.1) is 24.1 Å². The van der Waals surface area contributed by atoms with Gasteiger partial charge < -0.3 is 0 Å². The van der Waals surface area contributed by atoms with Crippen LogP contribution >= 0.6 is 27.7 Å². The van der Waals surface area contributed by atoms with E-state index in [9.17, 15) is 0 Å². The van der Waals surface area contributed by atoms with Crippen molar-refractivity contribution in [3.05, 3.63) is 28.7 Å². The maximum Gasteiger partial charge on any atom is 0.0313 e. The number of rotatable bonds is 6. The first-order chi connectivity index (χ1) is 7.76. The first kappa shape index (κ1) is 13.6. The molecule has 1 atom stereocenters. The summed E-state index contributed by atoms with van der Waals surface area (Å²) in [5.74, 6) is 9.02. The van der Waals surface area contributed by atoms with Gasteiger partial charge in [0.05, 0.1) is 0 Å². The van der Waals surface area contributed by atoms with Gasteiger partial charge in [-0.1, -0.05) is 15.9 Å². The van der Waals surface area contributed by atoms with Crippen LogP contribution < -0.4 is 11.3 Å². The number of nitrogens with one attached hydrogen (secondary N) is 1. The van der Waals surface area contributed by atoms with Crippen molar-refractivity contribution in [3.63, 3.8) is 0 Å². The maximum absolute atomic E-state index is 5.46. The highest BCUT2D eigenvalue weighted by atomic mass is 79.9. The molecule has 1 unspecified atom stereocenters. The minimum Gasteiger partial charge on any atom is -0.271 e. The van der Waals surface area contributed by atoms with Crippen molar-refractivity contribution >= 4 is 27.7 Å². The van der Waals surface area contributed by atoms with Crippen molar-refractivity contribution in [3.8, 4) is 12.3 Å². The summed E-state index contributed by atoms with van der Waals surface area (Å²) in [5.41, 5.74) is 2.79. The normalized spacial score (nSPS) is 12.1. The summed E-state index contributed by atoms with van der Waals surface area (Å²) in [6.07, 6.45) is 6.90. The van der Waals surface area contributed by atoms with E-state index in [0.29, 0.717) is 0 Å². The second-order valence-electron chi connectivity index (χ2n) is 3.37. The number of hydrazine groups is 1. The number of halogens is 1. The van der Waals surface area contributed by atoms with Gasteiger partial charge in [0.2, 0.25) is 0 Å². The molecule has 1 rings (SSSR count). The quantitative estimate of drug-likeness (QED) is 0.367. The van der Waals surface area contributed by atoms with Crippen LogP contribution in [0.25, 0.3) is 0 Å². The van der Waals surface area contributed by atoms with Gasteiger partial charge in [0.15, 0.2) is 0 Å². The third kappa shape index (κ3) is 5.04. The molecule has 2 nitrogen and oxygen atoms in total. The first-order valence-corrected chi connectivity index (χ1v) is 6.82. The maximum atomic E-state index is 5.46. The zero-order chi connectivity index (χ0) is 11.8. The Bertz CT molecular complexity index is 345. The monoisotopic (exact) mass is 298 g/mol. The molecule has 0 aliphatic rings. The molecule has 0 saturated heterocycles. The molecule has 0 radical (unpaired) electrons. The van der Waals surface area contributed by atoms with Crippen molar-refractivity contribution in [2.45, 2.75) is 23.8 Å². The predicted octanol–water partition coefficient (Wildman–Crippen LogP) is 2.79. The molecule has 0 bridgehead atoms. The van der Waals surface area contributed by atoms with Crippen LogP contribution in [0.1, 0.15) is 12.8 Å². The molecule has 0 amide bonds. The van der Waals surface area contributed by atoms with Crippen molar-refractivity contribution in [2.75, 3.05) is 5.75 Å². The summed E-state index contributed by atoms with van der Waals surface area (Å²) < 4.78 is 1.10. The molecule has 0 aliphatic carbocycles. The Morgan fingerprint density at radius 3 is 2.69 bits per heavy atom. The molecule has 16 heavy (non-hydrogen) atoms. The van der Waals surface area contributed by atoms with Crippen LogP contribution in [0.5, 0.6) is 0 Å². The van der Waals surface area contributed by atoms with Gasteiger partial charge in [-0.3, -0.25) is 11.3 Å². The number of terminal acetylenes is 1. The molecule has 0 heterocycles. The van der Waals surface area contributed by atoms with Gasteiger partial charge in [0.1, 0.15) is 0 Å². The Kier molecular flexibility index (Phi) is 6.58. The highest BCUT2D eigenvalue weighted by Crippen LogP contribution is 2.21. The predicted molar refractivity (Wildman–Crippen MR) is 74.0 cm³/mol. The van der Waals surface area contributed by atoms with Crippen molar-refractivity contribution in [1.29, 1.82) is 0 Å². The number of thioether (sulfide) groups is 1. The summed E-state index contributed by atoms with van der Waals surface area (Å²) in [4.78, 5) is 1.24. The van der Waals surface area contributed by atoms with E-state index in [2.05, 4.69) is 39.4 Å². The second-order valence-corrected chi connectivity index (χ2v) is 5.38. The van der Waals surface area contributed by atoms with E-state index < -0.39 is 0 Å². The van der Waals surface area contributed by atoms with E-state index in [1.54, 1.807) is 11.8 Å². The summed E-state index contributed by atoms with van der Waals surface area (Å²) in [6, 6.07) is 8.51. The third-order valence-corrected chi connectivity index (χ3v) is 3.84. The fraction of sp³-hybridized carbons (Fsp3) is 0.333. The van der Waals surface area contributed by atoms with Crippen LogP contribution in [0.15, 0.2) is 33.6 Å². The van der Waals surface area contributed by atoms with E-state index in [1.807, 2.05) is 12.1 Å². The highest BCUT2D eigenvalue weighted by molar-refractivity contribution is 9.10. The lowest BCUT2D eigenvalue weighted by atomic mass is 10.2. The summed E-state index contributed by atoms with van der Waals surface area (Å²) >= 11 is 5.19. The number of benzene rings is 1. The molecule has 0 spiro atoms. The van der Waals surface area contributed by atoms with E-state index >= 15 is 0 Å². The van der Waals surface area contributed by atoms with Crippen molar-refractivity contribution in [1.82, 2.24) is 5.43 Å². The van der Waals surface area contributed by atoms with Crippen LogP contribution in [0.2, 0.25) is 0 Å². The van der Waals surface area contributed by atoms with Gasteiger partial charge in [-0.2, -0.15) is 0 Å². The minimum absolute atomic E-state index is 0.268. The zero-order valence-corrected chi connectivity index (χ0v) is 11.4. The number of hydrogen-bond donors (Lipinski definition) is 2. The molecular weight excluding hydrogens is 284 g/mol. The van der Waals surface area contributed by atoms with Crippen molar-refractivity contribution < 1.29 is 0 Å². The largest absolute Gasteiger partial charge is 0.271 e. The van der Waals surface area contributed by atoms with Crippen molar-refractivity contribution in [2.24, 2.45) is 5.84 Å². The Balaban J connectivity index is 2.37. The molecule has 1 aromatic rings. The SMILES string of the molecule is C#CCCC(CSc1ccc(Br)cc1)NN. The van der Waals surface area contributed by atoms with E-state index in [0.717, 1.165) is 23.1 Å². The Morgan fingerprint density at radius 1 is 1.44 bits per heavy atom. The molecule has 3 N–H and O–H groups in total. The smallest absolute Gasteiger partial charge is 0.0313 e. The van der Waals surface area contributed by atoms with Crippen LogP contribution in [0.3, 0.4) is 0 Å². The Hall–Kier alpha value is -0.470. The zero-order valence-electron chi connectivity index (χ0n) is 8.95. The summed E-state index contributed by atoms with van der Waals surface area (Å²) in [6.45, 7) is 0. The van der Waals surface area contributed by atoms with Gasteiger partial charge in [-0.05, 0) is 30.7 Å². The van der Waals surface area contributed by atoms with Gasteiger partial charge in [-0.25, -0.2) is 0 Å². The van der Waals surface area contributed by atoms with Crippen LogP contribution in [0.4, 0.5) is 0 Å². The second kappa shape index (κ2) is 7.75. The molecule has 1 aromatic carbocycles. The van der Waals surface area contributed by atoms with Crippen LogP contribution in [0, 0.1) is 12.3 Å². The van der Waals surface area contributed by atoms with Crippen LogP contribution in [-0.2, 0) is 0 Å². The standard InChI is InChI=1S/C12H15BrN2S/c1-2-3-4-11(15-14)9-16-12-7-5-10(13)6-8-12/h1,5-8,11,15H,3-4,9,14H2. The fourth-order valence-corrected chi connectivity index (χ4v) is 2.45. The van der Waals surface area contributed by atoms with Gasteiger partial charge in [0, 0.05) is 27.6 Å². The van der Waals surface area contributed by atoms with E-state index in [4.69, 9.17) is 12.3 Å². The molecule has 4 heteroatoms. The molecule has 86 valence electrons. The van der Waals surface area contributed by atoms with Gasteiger partial charge in [0.25, 0.3) is 0 Å². The van der Waals surface area contributed by atoms with E-state index in [1.165, 1.54) is 4.90 Å². The number of nitrogens with two attached hydrogens (primary N) is 1. The molecule has 0 fully saturated rings. The summed E-state index contributed by atoms with van der Waals surface area (Å²) in [5, 5.41) is 0. The Labute approximate surface area is 109 Å². The average Bonchev–Trinajstić information content (AvgIpc) is 2.32. The van der Waals surface area contributed by atoms with E-state index in [-0.39, 0.29) is 6.04 Å². The average molecular weight is 299 g/mol. The first-order valence-electron chi connectivity index (χ1n) is 5.04. The fourth-order valence-electron chi connectivity index (χ4n) is 1.20. The highest BCUT2D eigenvalue weighted by Gasteiger charge is 2.06. The minimum atomic E-state index is 0.268. The van der Waals surface area contributed by atoms with Gasteiger partial charge >= 0.3 is 0 Å². The molecule has 0 aliphatic heterocycles. The molecule has 0 saturated carbocycles. The Morgan fingerprint density at radius 2 is 2.12 bits per heavy atom. The summed E-state index contributed by atoms with van der Waals surface area (Å²) in [7, 11) is 0. The van der Waals surface area contributed by atoms with Crippen LogP contribution in [-0.4, -0.2) is 11.8 Å². The lowest BCUT2D eigenvalue weighted by molar-refractivity contribution is 0.547.